The van der Waals surface area contributed by atoms with E-state index in [1.54, 1.807) is 0 Å². The third-order valence-electron chi connectivity index (χ3n) is 13.5. The largest absolute Gasteiger partial charge is 0.462 e. The van der Waals surface area contributed by atoms with E-state index in [2.05, 4.69) is 38.2 Å². The summed E-state index contributed by atoms with van der Waals surface area (Å²) in [6, 6.07) is 0. The molecular weight excluding hydrogens is 801 g/mol. The van der Waals surface area contributed by atoms with E-state index >= 15 is 0 Å². The van der Waals surface area contributed by atoms with E-state index in [1.165, 1.54) is 263 Å². The molecule has 1 unspecified atom stereocenters. The third kappa shape index (κ3) is 54.9. The number of esters is 2. The molecule has 0 aromatic heterocycles. The highest BCUT2D eigenvalue weighted by atomic mass is 16.6. The molecule has 0 aromatic carbocycles. The predicted molar refractivity (Wildman–Crippen MR) is 284 cm³/mol. The number of aliphatic hydroxyl groups excluding tert-OH is 1. The normalized spacial score (nSPS) is 12.2. The lowest BCUT2D eigenvalue weighted by molar-refractivity contribution is -0.161. The third-order valence-corrected chi connectivity index (χ3v) is 13.5. The van der Waals surface area contributed by atoms with Gasteiger partial charge in [0.25, 0.3) is 0 Å². The summed E-state index contributed by atoms with van der Waals surface area (Å²) in [7, 11) is 0. The second-order valence-corrected chi connectivity index (χ2v) is 20.1. The van der Waals surface area contributed by atoms with Crippen molar-refractivity contribution in [3.63, 3.8) is 0 Å². The first-order chi connectivity index (χ1) is 32.1. The Morgan fingerprint density at radius 2 is 0.569 bits per heavy atom. The molecule has 0 bridgehead atoms. The summed E-state index contributed by atoms with van der Waals surface area (Å²) in [6.45, 7) is 4.18. The predicted octanol–water partition coefficient (Wildman–Crippen LogP) is 19.7. The van der Waals surface area contributed by atoms with Crippen molar-refractivity contribution in [2.75, 3.05) is 13.2 Å². The van der Waals surface area contributed by atoms with Gasteiger partial charge in [-0.05, 0) is 64.2 Å². The lowest BCUT2D eigenvalue weighted by Gasteiger charge is -2.15. The molecule has 0 aliphatic carbocycles. The minimum absolute atomic E-state index is 0.0625. The molecule has 5 nitrogen and oxygen atoms in total. The fourth-order valence-electron chi connectivity index (χ4n) is 9.02. The standard InChI is InChI=1S/C60H114O5/c1-3-5-7-9-11-13-15-17-19-21-23-24-25-26-27-28-29-30-31-32-33-34-35-36-37-39-41-43-45-47-49-51-53-55-60(63)65-58(56-61)57-64-59(62)54-52-50-48-46-44-42-40-38-22-20-18-16-14-12-10-8-6-4-2/h20-23,58,61H,3-19,24-57H2,1-2H3/b22-20-,23-21-. The maximum Gasteiger partial charge on any atom is 0.306 e. The fourth-order valence-corrected chi connectivity index (χ4v) is 9.02. The van der Waals surface area contributed by atoms with Gasteiger partial charge in [0.15, 0.2) is 6.10 Å². The molecule has 0 heterocycles. The molecule has 0 fully saturated rings. The van der Waals surface area contributed by atoms with E-state index in [0.29, 0.717) is 12.8 Å². The number of aliphatic hydroxyl groups is 1. The Hall–Kier alpha value is -1.62. The minimum Gasteiger partial charge on any atom is -0.462 e. The first kappa shape index (κ1) is 63.4. The topological polar surface area (TPSA) is 72.8 Å². The van der Waals surface area contributed by atoms with Crippen molar-refractivity contribution in [1.82, 2.24) is 0 Å². The highest BCUT2D eigenvalue weighted by molar-refractivity contribution is 5.70. The summed E-state index contributed by atoms with van der Waals surface area (Å²) in [4.78, 5) is 24.5. The van der Waals surface area contributed by atoms with Crippen LogP contribution in [0.25, 0.3) is 0 Å². The van der Waals surface area contributed by atoms with Gasteiger partial charge in [0.05, 0.1) is 6.61 Å². The fraction of sp³-hybridized carbons (Fsp3) is 0.900. The SMILES string of the molecule is CCCCCCCCC/C=C\CCCCCCCCCC(=O)OCC(CO)OC(=O)CCCCCCCCCCCCCCCCCCCCCCC/C=C\CCCCCCCCCC. The summed E-state index contributed by atoms with van der Waals surface area (Å²) >= 11 is 0. The quantitative estimate of drug-likeness (QED) is 0.0374. The second kappa shape index (κ2) is 56.7. The number of carbonyl (C=O) groups is 2. The molecule has 1 atom stereocenters. The number of unbranched alkanes of at least 4 members (excludes halogenated alkanes) is 43. The van der Waals surface area contributed by atoms with Crippen LogP contribution in [0.2, 0.25) is 0 Å². The number of hydrogen-bond donors (Lipinski definition) is 1. The summed E-state index contributed by atoms with van der Waals surface area (Å²) in [5.74, 6) is -0.577. The Kier molecular flexibility index (Phi) is 55.3. The van der Waals surface area contributed by atoms with Gasteiger partial charge in [-0.25, -0.2) is 0 Å². The van der Waals surface area contributed by atoms with Crippen LogP contribution in [0.4, 0.5) is 0 Å². The molecular formula is C60H114O5. The van der Waals surface area contributed by atoms with Crippen molar-refractivity contribution >= 4 is 11.9 Å². The zero-order chi connectivity index (χ0) is 47.0. The summed E-state index contributed by atoms with van der Waals surface area (Å²) in [6.07, 6.45) is 71.7. The first-order valence-corrected chi connectivity index (χ1v) is 29.4. The maximum atomic E-state index is 12.3. The highest BCUT2D eigenvalue weighted by Crippen LogP contribution is 2.17. The van der Waals surface area contributed by atoms with Crippen molar-refractivity contribution < 1.29 is 24.2 Å². The van der Waals surface area contributed by atoms with Crippen LogP contribution in [0.15, 0.2) is 24.3 Å². The lowest BCUT2D eigenvalue weighted by atomic mass is 10.0. The summed E-state index contributed by atoms with van der Waals surface area (Å²) in [5, 5.41) is 9.65. The van der Waals surface area contributed by atoms with Crippen molar-refractivity contribution in [3.05, 3.63) is 24.3 Å². The molecule has 0 amide bonds. The molecule has 0 saturated heterocycles. The van der Waals surface area contributed by atoms with Crippen molar-refractivity contribution in [3.8, 4) is 0 Å². The number of allylic oxidation sites excluding steroid dienone is 4. The van der Waals surface area contributed by atoms with Crippen LogP contribution in [0.3, 0.4) is 0 Å². The molecule has 0 aliphatic heterocycles. The second-order valence-electron chi connectivity index (χ2n) is 20.1. The zero-order valence-electron chi connectivity index (χ0n) is 44.0. The molecule has 0 spiro atoms. The Bertz CT molecular complexity index is 990. The Balaban J connectivity index is 3.40. The molecule has 5 heteroatoms. The summed E-state index contributed by atoms with van der Waals surface area (Å²) < 4.78 is 10.7. The smallest absolute Gasteiger partial charge is 0.306 e. The average Bonchev–Trinajstić information content (AvgIpc) is 3.31. The molecule has 1 N–H and O–H groups in total. The van der Waals surface area contributed by atoms with Gasteiger partial charge in [0.2, 0.25) is 0 Å². The van der Waals surface area contributed by atoms with Gasteiger partial charge in [0.1, 0.15) is 6.61 Å². The average molecular weight is 916 g/mol. The number of carbonyl (C=O) groups excluding carboxylic acids is 2. The van der Waals surface area contributed by atoms with Gasteiger partial charge >= 0.3 is 11.9 Å². The number of ether oxygens (including phenoxy) is 2. The monoisotopic (exact) mass is 915 g/mol. The van der Waals surface area contributed by atoms with Crippen LogP contribution in [0.1, 0.15) is 328 Å². The van der Waals surface area contributed by atoms with Gasteiger partial charge < -0.3 is 14.6 Å². The molecule has 0 saturated carbocycles. The highest BCUT2D eigenvalue weighted by Gasteiger charge is 2.16. The number of hydrogen-bond acceptors (Lipinski definition) is 5. The van der Waals surface area contributed by atoms with E-state index in [9.17, 15) is 14.7 Å². The van der Waals surface area contributed by atoms with Gasteiger partial charge in [-0.2, -0.15) is 0 Å². The molecule has 0 aromatic rings. The van der Waals surface area contributed by atoms with E-state index in [0.717, 1.165) is 38.5 Å². The van der Waals surface area contributed by atoms with Crippen LogP contribution in [0.5, 0.6) is 0 Å². The van der Waals surface area contributed by atoms with Gasteiger partial charge in [0, 0.05) is 12.8 Å². The van der Waals surface area contributed by atoms with Crippen LogP contribution < -0.4 is 0 Å². The molecule has 384 valence electrons. The van der Waals surface area contributed by atoms with Crippen molar-refractivity contribution in [1.29, 1.82) is 0 Å². The molecule has 0 radical (unpaired) electrons. The first-order valence-electron chi connectivity index (χ1n) is 29.4. The Morgan fingerprint density at radius 1 is 0.338 bits per heavy atom. The zero-order valence-corrected chi connectivity index (χ0v) is 44.0. The number of rotatable bonds is 55. The summed E-state index contributed by atoms with van der Waals surface area (Å²) in [5.41, 5.74) is 0. The van der Waals surface area contributed by atoms with Gasteiger partial charge in [-0.15, -0.1) is 0 Å². The van der Waals surface area contributed by atoms with Crippen LogP contribution in [-0.4, -0.2) is 36.4 Å². The minimum atomic E-state index is -0.770. The van der Waals surface area contributed by atoms with Crippen molar-refractivity contribution in [2.24, 2.45) is 0 Å². The van der Waals surface area contributed by atoms with Gasteiger partial charge in [-0.1, -0.05) is 276 Å². The molecule has 0 aliphatic rings. The van der Waals surface area contributed by atoms with E-state index in [-0.39, 0.29) is 25.2 Å². The van der Waals surface area contributed by atoms with Crippen LogP contribution in [-0.2, 0) is 19.1 Å². The van der Waals surface area contributed by atoms with E-state index in [1.807, 2.05) is 0 Å². The Labute approximate surface area is 406 Å². The maximum absolute atomic E-state index is 12.3. The molecule has 65 heavy (non-hydrogen) atoms. The van der Waals surface area contributed by atoms with Crippen molar-refractivity contribution in [2.45, 2.75) is 335 Å². The molecule has 0 rings (SSSR count). The van der Waals surface area contributed by atoms with Crippen LogP contribution >= 0.6 is 0 Å². The van der Waals surface area contributed by atoms with E-state index < -0.39 is 6.10 Å². The van der Waals surface area contributed by atoms with Crippen LogP contribution in [0, 0.1) is 0 Å². The van der Waals surface area contributed by atoms with E-state index in [4.69, 9.17) is 9.47 Å². The van der Waals surface area contributed by atoms with Gasteiger partial charge in [-0.3, -0.25) is 9.59 Å². The Morgan fingerprint density at radius 3 is 0.831 bits per heavy atom. The lowest BCUT2D eigenvalue weighted by Crippen LogP contribution is -2.28.